The van der Waals surface area contributed by atoms with Gasteiger partial charge in [0.15, 0.2) is 0 Å². The molecule has 1 heterocycles. The van der Waals surface area contributed by atoms with E-state index in [0.717, 1.165) is 11.4 Å². The number of nitrogens with zero attached hydrogens (tertiary/aromatic N) is 1. The van der Waals surface area contributed by atoms with Gasteiger partial charge < -0.3 is 10.2 Å². The fourth-order valence-electron chi connectivity index (χ4n) is 2.67. The average Bonchev–Trinajstić information content (AvgIpc) is 2.47. The van der Waals surface area contributed by atoms with Crippen LogP contribution in [0, 0.1) is 0 Å². The number of anilines is 2. The monoisotopic (exact) mass is 334 g/mol. The first-order valence-electron chi connectivity index (χ1n) is 7.01. The van der Waals surface area contributed by atoms with Gasteiger partial charge in [0.2, 0.25) is 0 Å². The Bertz CT molecular complexity index is 743. The van der Waals surface area contributed by atoms with Gasteiger partial charge in [-0.15, -0.1) is 0 Å². The van der Waals surface area contributed by atoms with Gasteiger partial charge in [-0.05, 0) is 44.2 Å². The van der Waals surface area contributed by atoms with Crippen LogP contribution in [0.4, 0.5) is 11.4 Å². The number of fused-ring (bicyclic) bond motifs is 1. The molecule has 0 aliphatic carbocycles. The first-order chi connectivity index (χ1) is 10.4. The minimum Gasteiger partial charge on any atom is -0.377 e. The fraction of sp³-hybridized carbons (Fsp3) is 0.235. The van der Waals surface area contributed by atoms with Crippen LogP contribution < -0.4 is 10.2 Å². The maximum atomic E-state index is 12.9. The fourth-order valence-corrected chi connectivity index (χ4v) is 2.96. The zero-order chi connectivity index (χ0) is 15.9. The van der Waals surface area contributed by atoms with Crippen molar-refractivity contribution in [3.05, 3.63) is 58.1 Å². The van der Waals surface area contributed by atoms with Crippen molar-refractivity contribution in [3.63, 3.8) is 0 Å². The quantitative estimate of drug-likeness (QED) is 0.808. The Morgan fingerprint density at radius 1 is 1.14 bits per heavy atom. The number of halogens is 2. The highest BCUT2D eigenvalue weighted by Gasteiger charge is 2.33. The van der Waals surface area contributed by atoms with Crippen molar-refractivity contribution in [1.82, 2.24) is 0 Å². The summed E-state index contributed by atoms with van der Waals surface area (Å²) in [5.74, 6) is -0.0828. The number of para-hydroxylation sites is 2. The largest absolute Gasteiger partial charge is 0.377 e. The second kappa shape index (κ2) is 5.49. The molecule has 1 aliphatic heterocycles. The van der Waals surface area contributed by atoms with E-state index in [4.69, 9.17) is 23.2 Å². The smallest absolute Gasteiger partial charge is 0.258 e. The highest BCUT2D eigenvalue weighted by Crippen LogP contribution is 2.35. The van der Waals surface area contributed by atoms with Gasteiger partial charge in [0.1, 0.15) is 0 Å². The summed E-state index contributed by atoms with van der Waals surface area (Å²) in [6.07, 6.45) is 0. The highest BCUT2D eigenvalue weighted by molar-refractivity contribution is 6.42. The van der Waals surface area contributed by atoms with E-state index in [1.807, 2.05) is 24.3 Å². The molecule has 114 valence electrons. The highest BCUT2D eigenvalue weighted by atomic mass is 35.5. The molecule has 0 bridgehead atoms. The van der Waals surface area contributed by atoms with Crippen molar-refractivity contribution in [1.29, 1.82) is 0 Å². The van der Waals surface area contributed by atoms with E-state index in [-0.39, 0.29) is 11.4 Å². The summed E-state index contributed by atoms with van der Waals surface area (Å²) < 4.78 is 0. The third kappa shape index (κ3) is 2.79. The van der Waals surface area contributed by atoms with Gasteiger partial charge in [-0.1, -0.05) is 35.3 Å². The maximum Gasteiger partial charge on any atom is 0.258 e. The normalized spacial score (nSPS) is 15.9. The molecule has 1 amide bonds. The van der Waals surface area contributed by atoms with Crippen molar-refractivity contribution >= 4 is 40.5 Å². The number of nitrogens with one attached hydrogen (secondary N) is 1. The summed E-state index contributed by atoms with van der Waals surface area (Å²) in [5, 5.41) is 4.28. The summed E-state index contributed by atoms with van der Waals surface area (Å²) in [4.78, 5) is 14.7. The van der Waals surface area contributed by atoms with Gasteiger partial charge in [0.25, 0.3) is 5.91 Å². The Morgan fingerprint density at radius 3 is 2.59 bits per heavy atom. The SMILES string of the molecule is CC1(C)CN(C(=O)c2ccc(Cl)c(Cl)c2)c2ccccc2N1. The summed E-state index contributed by atoms with van der Waals surface area (Å²) in [5.41, 5.74) is 2.15. The topological polar surface area (TPSA) is 32.3 Å². The molecule has 0 saturated heterocycles. The first-order valence-corrected chi connectivity index (χ1v) is 7.77. The van der Waals surface area contributed by atoms with E-state index in [1.165, 1.54) is 0 Å². The van der Waals surface area contributed by atoms with Crippen LogP contribution in [-0.2, 0) is 0 Å². The summed E-state index contributed by atoms with van der Waals surface area (Å²) in [6.45, 7) is 4.71. The molecule has 0 radical (unpaired) electrons. The molecule has 22 heavy (non-hydrogen) atoms. The van der Waals surface area contributed by atoms with E-state index in [2.05, 4.69) is 19.2 Å². The molecule has 0 fully saturated rings. The lowest BCUT2D eigenvalue weighted by molar-refractivity contribution is 0.0981. The molecule has 1 N–H and O–H groups in total. The Hall–Kier alpha value is -1.71. The molecule has 0 atom stereocenters. The summed E-state index contributed by atoms with van der Waals surface area (Å²) in [6, 6.07) is 12.8. The molecule has 0 aromatic heterocycles. The van der Waals surface area contributed by atoms with E-state index < -0.39 is 0 Å². The maximum absolute atomic E-state index is 12.9. The lowest BCUT2D eigenvalue weighted by atomic mass is 9.98. The average molecular weight is 335 g/mol. The number of rotatable bonds is 1. The molecule has 5 heteroatoms. The van der Waals surface area contributed by atoms with Crippen LogP contribution in [-0.4, -0.2) is 18.0 Å². The predicted molar refractivity (Wildman–Crippen MR) is 92.3 cm³/mol. The van der Waals surface area contributed by atoms with Gasteiger partial charge in [-0.2, -0.15) is 0 Å². The van der Waals surface area contributed by atoms with Crippen molar-refractivity contribution < 1.29 is 4.79 Å². The Kier molecular flexibility index (Phi) is 3.79. The standard InChI is InChI=1S/C17H16Cl2N2O/c1-17(2)10-21(15-6-4-3-5-14(15)20-17)16(22)11-7-8-12(18)13(19)9-11/h3-9,20H,10H2,1-2H3. The van der Waals surface area contributed by atoms with Crippen molar-refractivity contribution in [3.8, 4) is 0 Å². The molecule has 0 spiro atoms. The zero-order valence-electron chi connectivity index (χ0n) is 12.4. The molecule has 0 saturated carbocycles. The van der Waals surface area contributed by atoms with E-state index in [0.29, 0.717) is 22.2 Å². The Balaban J connectivity index is 2.03. The number of hydrogen-bond acceptors (Lipinski definition) is 2. The van der Waals surface area contributed by atoms with Gasteiger partial charge in [-0.25, -0.2) is 0 Å². The van der Waals surface area contributed by atoms with Gasteiger partial charge in [0.05, 0.1) is 21.4 Å². The lowest BCUT2D eigenvalue weighted by Crippen LogP contribution is -2.50. The molecule has 2 aromatic carbocycles. The van der Waals surface area contributed by atoms with E-state index in [9.17, 15) is 4.79 Å². The molecule has 1 aliphatic rings. The molecule has 2 aromatic rings. The number of hydrogen-bond donors (Lipinski definition) is 1. The Labute approximate surface area is 139 Å². The summed E-state index contributed by atoms with van der Waals surface area (Å²) in [7, 11) is 0. The Morgan fingerprint density at radius 2 is 1.86 bits per heavy atom. The summed E-state index contributed by atoms with van der Waals surface area (Å²) >= 11 is 12.0. The van der Waals surface area contributed by atoms with Crippen LogP contribution in [0.5, 0.6) is 0 Å². The van der Waals surface area contributed by atoms with Crippen LogP contribution in [0.2, 0.25) is 10.0 Å². The number of carbonyl (C=O) groups is 1. The molecular weight excluding hydrogens is 319 g/mol. The zero-order valence-corrected chi connectivity index (χ0v) is 13.9. The molecule has 0 unspecified atom stereocenters. The van der Waals surface area contributed by atoms with Crippen LogP contribution in [0.3, 0.4) is 0 Å². The third-order valence-electron chi connectivity index (χ3n) is 3.63. The first kappa shape index (κ1) is 15.2. The minimum atomic E-state index is -0.208. The lowest BCUT2D eigenvalue weighted by Gasteiger charge is -2.40. The van der Waals surface area contributed by atoms with Crippen LogP contribution in [0.1, 0.15) is 24.2 Å². The van der Waals surface area contributed by atoms with Crippen LogP contribution in [0.15, 0.2) is 42.5 Å². The van der Waals surface area contributed by atoms with Crippen molar-refractivity contribution in [2.75, 3.05) is 16.8 Å². The van der Waals surface area contributed by atoms with Gasteiger partial charge in [0, 0.05) is 17.6 Å². The van der Waals surface area contributed by atoms with Crippen LogP contribution >= 0.6 is 23.2 Å². The number of amides is 1. The third-order valence-corrected chi connectivity index (χ3v) is 4.37. The second-order valence-electron chi connectivity index (χ2n) is 6.05. The molecule has 3 rings (SSSR count). The van der Waals surface area contributed by atoms with E-state index >= 15 is 0 Å². The van der Waals surface area contributed by atoms with Crippen molar-refractivity contribution in [2.45, 2.75) is 19.4 Å². The number of carbonyl (C=O) groups excluding carboxylic acids is 1. The second-order valence-corrected chi connectivity index (χ2v) is 6.86. The molecular formula is C17H16Cl2N2O. The number of benzene rings is 2. The van der Waals surface area contributed by atoms with Crippen LogP contribution in [0.25, 0.3) is 0 Å². The van der Waals surface area contributed by atoms with E-state index in [1.54, 1.807) is 23.1 Å². The van der Waals surface area contributed by atoms with Gasteiger partial charge in [-0.3, -0.25) is 4.79 Å². The minimum absolute atomic E-state index is 0.0828. The van der Waals surface area contributed by atoms with Crippen molar-refractivity contribution in [2.24, 2.45) is 0 Å². The van der Waals surface area contributed by atoms with Gasteiger partial charge >= 0.3 is 0 Å². The predicted octanol–water partition coefficient (Wildman–Crippen LogP) is 4.84. The molecule has 3 nitrogen and oxygen atoms in total.